The zero-order valence-corrected chi connectivity index (χ0v) is 50.5. The zero-order valence-electron chi connectivity index (χ0n) is 50.5. The minimum Gasteiger partial charge on any atom is -0.508 e. The molecule has 1 saturated heterocycles. The topological polar surface area (TPSA) is 388 Å². The van der Waals surface area contributed by atoms with Crippen LogP contribution in [0.4, 0.5) is 4.79 Å². The standard InChI is InChI=1S/C62H89N15O10/c1-38(2)66-31-13-11-20-46(54(63)80)70-57(83)49-29-30-53(79)69-50(35-40-16-7-6-8-17-40)58(84)73-51(36-41-24-27-45(78)28-25-41)59(85)72-47(21-12-14-32-67-39(3)4)55(81)71-48(22-15-33-68-61(64)65)56(82)74-52(60(86)77(5)76-62(87)75-49)37-42-23-26-43-18-9-10-19-44(43)34-42/h6-10,16-19,23-28,34,38-39,46-52,66-67,78H,11-15,20-22,29-33,35-37H2,1-5H3,(H2,63,80)(H,69,79)(H,70,83)(H,71,81)(H,72,85)(H,73,84)(H,74,82)(H4,64,65,68)(H2,75,76,87)/t46-,47-,48+,49+,50-,51-,52-/m0/s1. The maximum Gasteiger partial charge on any atom is 0.334 e. The molecule has 5 rings (SSSR count). The van der Waals surface area contributed by atoms with Crippen molar-refractivity contribution in [1.29, 1.82) is 0 Å². The van der Waals surface area contributed by atoms with Crippen molar-refractivity contribution in [1.82, 2.24) is 58.3 Å². The van der Waals surface area contributed by atoms with Gasteiger partial charge in [-0.2, -0.15) is 0 Å². The number of nitrogens with one attached hydrogen (secondary N) is 10. The summed E-state index contributed by atoms with van der Waals surface area (Å²) in [6.07, 6.45) is 1.22. The molecule has 0 unspecified atom stereocenters. The van der Waals surface area contributed by atoms with Gasteiger partial charge in [0.1, 0.15) is 48.0 Å². The number of hydrogen-bond acceptors (Lipinski definition) is 13. The van der Waals surface area contributed by atoms with Crippen LogP contribution < -0.4 is 70.5 Å². The van der Waals surface area contributed by atoms with Crippen molar-refractivity contribution in [2.75, 3.05) is 26.7 Å². The van der Waals surface area contributed by atoms with Gasteiger partial charge in [-0.05, 0) is 110 Å². The minimum absolute atomic E-state index is 0.0505. The molecular weight excluding hydrogens is 1110 g/mol. The Hall–Kier alpha value is -8.84. The fraction of sp³-hybridized carbons (Fsp3) is 0.484. The van der Waals surface area contributed by atoms with E-state index in [-0.39, 0.29) is 75.3 Å². The van der Waals surface area contributed by atoms with Crippen LogP contribution in [0, 0.1) is 0 Å². The van der Waals surface area contributed by atoms with Crippen molar-refractivity contribution in [2.45, 2.75) is 166 Å². The number of amides is 10. The average molecular weight is 1200 g/mol. The van der Waals surface area contributed by atoms with Crippen LogP contribution in [-0.4, -0.2) is 150 Å². The summed E-state index contributed by atoms with van der Waals surface area (Å²) in [6.45, 7) is 9.24. The number of primary amides is 1. The van der Waals surface area contributed by atoms with Gasteiger partial charge < -0.3 is 70.2 Å². The first-order valence-electron chi connectivity index (χ1n) is 29.8. The highest BCUT2D eigenvalue weighted by molar-refractivity contribution is 5.98. The van der Waals surface area contributed by atoms with Gasteiger partial charge in [0.25, 0.3) is 5.91 Å². The predicted molar refractivity (Wildman–Crippen MR) is 332 cm³/mol. The van der Waals surface area contributed by atoms with Crippen LogP contribution in [0.3, 0.4) is 0 Å². The third-order valence-electron chi connectivity index (χ3n) is 14.5. The van der Waals surface area contributed by atoms with E-state index in [1.54, 1.807) is 48.5 Å². The first kappa shape index (κ1) is 68.9. The molecule has 1 fully saturated rings. The summed E-state index contributed by atoms with van der Waals surface area (Å²) >= 11 is 0. The fourth-order valence-electron chi connectivity index (χ4n) is 9.80. The van der Waals surface area contributed by atoms with E-state index in [0.29, 0.717) is 55.5 Å². The third kappa shape index (κ3) is 24.6. The number of phenols is 1. The van der Waals surface area contributed by atoms with E-state index in [9.17, 15) is 48.3 Å². The number of rotatable bonds is 25. The quantitative estimate of drug-likeness (QED) is 0.0252. The molecule has 0 aromatic heterocycles. The molecule has 1 heterocycles. The van der Waals surface area contributed by atoms with E-state index in [1.807, 2.05) is 64.1 Å². The largest absolute Gasteiger partial charge is 0.508 e. The Morgan fingerprint density at radius 1 is 0.598 bits per heavy atom. The van der Waals surface area contributed by atoms with Gasteiger partial charge in [0, 0.05) is 51.4 Å². The molecule has 4 aromatic rings. The summed E-state index contributed by atoms with van der Waals surface area (Å²) in [4.78, 5) is 134. The van der Waals surface area contributed by atoms with Gasteiger partial charge in [-0.1, -0.05) is 113 Å². The van der Waals surface area contributed by atoms with Gasteiger partial charge in [0.15, 0.2) is 5.96 Å². The van der Waals surface area contributed by atoms with E-state index in [4.69, 9.17) is 17.2 Å². The summed E-state index contributed by atoms with van der Waals surface area (Å²) in [5, 5.41) is 38.5. The van der Waals surface area contributed by atoms with Gasteiger partial charge in [-0.15, -0.1) is 0 Å². The zero-order chi connectivity index (χ0) is 63.4. The van der Waals surface area contributed by atoms with E-state index in [0.717, 1.165) is 15.8 Å². The molecular formula is C62H89N15O10. The lowest BCUT2D eigenvalue weighted by Crippen LogP contribution is -2.61. The van der Waals surface area contributed by atoms with Crippen molar-refractivity contribution in [3.05, 3.63) is 114 Å². The van der Waals surface area contributed by atoms with Gasteiger partial charge in [0.05, 0.1) is 0 Å². The number of benzene rings is 4. The SMILES string of the molecule is CC(C)NCCCC[C@H](NC(=O)[C@H]1CCC(=O)N[C@@H](Cc2ccccc2)C(=O)N[C@@H](Cc2ccc(O)cc2)C(=O)N[C@@H](CCCCNC(C)C)C(=O)N[C@H](CCCN=C(N)N)C(=O)N[C@@H](Cc2ccc3ccccc3c2)C(=O)N(C)NC(=O)N1)C(N)=O. The second kappa shape index (κ2) is 35.6. The first-order chi connectivity index (χ1) is 41.5. The molecule has 25 heteroatoms. The highest BCUT2D eigenvalue weighted by Crippen LogP contribution is 2.19. The maximum atomic E-state index is 14.9. The lowest BCUT2D eigenvalue weighted by atomic mass is 10.00. The summed E-state index contributed by atoms with van der Waals surface area (Å²) in [6, 6.07) is 17.4. The van der Waals surface area contributed by atoms with Crippen molar-refractivity contribution in [3.63, 3.8) is 0 Å². The Morgan fingerprint density at radius 2 is 1.11 bits per heavy atom. The highest BCUT2D eigenvalue weighted by Gasteiger charge is 2.35. The molecule has 87 heavy (non-hydrogen) atoms. The van der Waals surface area contributed by atoms with Crippen LogP contribution in [0.5, 0.6) is 5.75 Å². The molecule has 0 saturated carbocycles. The number of carbonyl (C=O) groups excluding carboxylic acids is 9. The molecule has 1 aliphatic heterocycles. The second-order valence-corrected chi connectivity index (χ2v) is 22.5. The third-order valence-corrected chi connectivity index (χ3v) is 14.5. The van der Waals surface area contributed by atoms with Crippen LogP contribution in [0.1, 0.15) is 109 Å². The number of fused-ring (bicyclic) bond motifs is 1. The van der Waals surface area contributed by atoms with Crippen molar-refractivity contribution in [2.24, 2.45) is 22.2 Å². The number of aromatic hydroxyl groups is 1. The number of unbranched alkanes of at least 4 members (excludes halogenated alkanes) is 2. The van der Waals surface area contributed by atoms with Crippen molar-refractivity contribution < 1.29 is 48.3 Å². The normalized spacial score (nSPS) is 20.0. The Bertz CT molecular complexity index is 2960. The van der Waals surface area contributed by atoms with Gasteiger partial charge in [-0.25, -0.2) is 10.2 Å². The summed E-state index contributed by atoms with van der Waals surface area (Å²) in [5.41, 5.74) is 21.2. The Labute approximate surface area is 508 Å². The molecule has 25 nitrogen and oxygen atoms in total. The molecule has 10 amide bonds. The second-order valence-electron chi connectivity index (χ2n) is 22.5. The Kier molecular flexibility index (Phi) is 28.2. The maximum absolute atomic E-state index is 14.9. The number of urea groups is 1. The number of nitrogens with two attached hydrogens (primary N) is 3. The lowest BCUT2D eigenvalue weighted by molar-refractivity contribution is -0.138. The smallest absolute Gasteiger partial charge is 0.334 e. The number of nitrogens with zero attached hydrogens (tertiary/aromatic N) is 2. The van der Waals surface area contributed by atoms with Crippen LogP contribution in [0.2, 0.25) is 0 Å². The Balaban J connectivity index is 1.60. The van der Waals surface area contributed by atoms with E-state index in [1.165, 1.54) is 19.2 Å². The number of likely N-dealkylation sites (N-methyl/N-ethyl adjacent to an activating group) is 1. The first-order valence-corrected chi connectivity index (χ1v) is 29.8. The summed E-state index contributed by atoms with van der Waals surface area (Å²) < 4.78 is 0. The molecule has 472 valence electrons. The average Bonchev–Trinajstić information content (AvgIpc) is 3.65. The molecule has 0 spiro atoms. The van der Waals surface area contributed by atoms with Gasteiger partial charge >= 0.3 is 6.03 Å². The number of hydrazine groups is 1. The summed E-state index contributed by atoms with van der Waals surface area (Å²) in [7, 11) is 1.23. The molecule has 1 aliphatic rings. The lowest BCUT2D eigenvalue weighted by Gasteiger charge is -2.29. The molecule has 17 N–H and O–H groups in total. The van der Waals surface area contributed by atoms with Crippen LogP contribution in [0.25, 0.3) is 10.8 Å². The molecule has 0 bridgehead atoms. The fourth-order valence-corrected chi connectivity index (χ4v) is 9.80. The molecule has 0 radical (unpaired) electrons. The van der Waals surface area contributed by atoms with E-state index >= 15 is 0 Å². The number of guanidine groups is 1. The molecule has 4 aromatic carbocycles. The van der Waals surface area contributed by atoms with Gasteiger partial charge in [0.2, 0.25) is 41.4 Å². The van der Waals surface area contributed by atoms with Crippen LogP contribution in [0.15, 0.2) is 102 Å². The Morgan fingerprint density at radius 3 is 1.72 bits per heavy atom. The van der Waals surface area contributed by atoms with Crippen LogP contribution in [-0.2, 0) is 57.6 Å². The predicted octanol–water partition coefficient (Wildman–Crippen LogP) is 1.19. The highest BCUT2D eigenvalue weighted by atomic mass is 16.3. The van der Waals surface area contributed by atoms with Gasteiger partial charge in [-0.3, -0.25) is 48.4 Å². The number of aliphatic imine (C=N–C) groups is 1. The number of hydrogen-bond donors (Lipinski definition) is 14. The number of carbonyl (C=O) groups is 9. The van der Waals surface area contributed by atoms with Crippen LogP contribution >= 0.6 is 0 Å². The molecule has 0 aliphatic carbocycles. The number of phenolic OH excluding ortho intramolecular Hbond substituents is 1. The van der Waals surface area contributed by atoms with E-state index in [2.05, 4.69) is 58.3 Å². The van der Waals surface area contributed by atoms with E-state index < -0.39 is 108 Å². The monoisotopic (exact) mass is 1200 g/mol. The van der Waals surface area contributed by atoms with Crippen molar-refractivity contribution >= 4 is 70.0 Å². The minimum atomic E-state index is -1.55. The summed E-state index contributed by atoms with van der Waals surface area (Å²) in [5.74, 6) is -6.74. The molecule has 7 atom stereocenters. The van der Waals surface area contributed by atoms with Crippen molar-refractivity contribution in [3.8, 4) is 5.75 Å².